The molecule has 3 N–H and O–H groups in total. The molecule has 0 saturated heterocycles. The Kier molecular flexibility index (Phi) is 4.13. The molecular weight excluding hydrogens is 140 g/mol. The van der Waals surface area contributed by atoms with E-state index in [0.29, 0.717) is 6.54 Å². The number of halogens is 1. The van der Waals surface area contributed by atoms with Crippen molar-refractivity contribution in [1.29, 1.82) is 0 Å². The molecule has 0 aliphatic rings. The third-order valence-corrected chi connectivity index (χ3v) is 0.856. The van der Waals surface area contributed by atoms with Crippen molar-refractivity contribution in [2.45, 2.75) is 6.54 Å². The van der Waals surface area contributed by atoms with Crippen LogP contribution in [0.2, 0.25) is 0 Å². The van der Waals surface area contributed by atoms with Gasteiger partial charge in [0.25, 0.3) is 0 Å². The van der Waals surface area contributed by atoms with E-state index >= 15 is 0 Å². The summed E-state index contributed by atoms with van der Waals surface area (Å²) in [6.45, 7) is 0.590. The van der Waals surface area contributed by atoms with Crippen LogP contribution in [0.3, 0.4) is 0 Å². The maximum absolute atomic E-state index is 5.01. The van der Waals surface area contributed by atoms with Gasteiger partial charge in [0.1, 0.15) is 5.76 Å². The molecule has 0 atom stereocenters. The number of nitrogens with one attached hydrogen (secondary N) is 1. The van der Waals surface area contributed by atoms with Gasteiger partial charge in [0, 0.05) is 0 Å². The first-order valence-electron chi connectivity index (χ1n) is 2.39. The van der Waals surface area contributed by atoms with Crippen LogP contribution in [0.25, 0.3) is 0 Å². The van der Waals surface area contributed by atoms with Crippen LogP contribution < -0.4 is 11.3 Å². The van der Waals surface area contributed by atoms with Crippen LogP contribution in [-0.2, 0) is 6.54 Å². The molecule has 52 valence electrons. The molecule has 1 rings (SSSR count). The minimum Gasteiger partial charge on any atom is -0.468 e. The molecule has 1 aromatic rings. The van der Waals surface area contributed by atoms with E-state index in [0.717, 1.165) is 5.76 Å². The molecule has 0 aromatic carbocycles. The normalized spacial score (nSPS) is 8.56. The van der Waals surface area contributed by atoms with Crippen LogP contribution in [0.15, 0.2) is 22.8 Å². The topological polar surface area (TPSA) is 51.2 Å². The highest BCUT2D eigenvalue weighted by atomic mass is 35.5. The number of hydrazine groups is 1. The van der Waals surface area contributed by atoms with Crippen LogP contribution in [0.4, 0.5) is 0 Å². The van der Waals surface area contributed by atoms with Gasteiger partial charge < -0.3 is 4.42 Å². The van der Waals surface area contributed by atoms with Gasteiger partial charge in [0.15, 0.2) is 0 Å². The Morgan fingerprint density at radius 3 is 2.89 bits per heavy atom. The highest BCUT2D eigenvalue weighted by molar-refractivity contribution is 5.85. The molecule has 9 heavy (non-hydrogen) atoms. The minimum absolute atomic E-state index is 0. The summed E-state index contributed by atoms with van der Waals surface area (Å²) in [5.74, 6) is 5.86. The molecule has 0 radical (unpaired) electrons. The summed E-state index contributed by atoms with van der Waals surface area (Å²) in [6, 6.07) is 3.69. The van der Waals surface area contributed by atoms with E-state index in [1.807, 2.05) is 12.1 Å². The summed E-state index contributed by atoms with van der Waals surface area (Å²) in [6.07, 6.45) is 1.62. The zero-order valence-electron chi connectivity index (χ0n) is 4.83. The van der Waals surface area contributed by atoms with E-state index in [1.54, 1.807) is 6.26 Å². The first kappa shape index (κ1) is 8.49. The lowest BCUT2D eigenvalue weighted by Crippen LogP contribution is -2.20. The highest BCUT2D eigenvalue weighted by Crippen LogP contribution is 1.96. The van der Waals surface area contributed by atoms with Gasteiger partial charge in [-0.15, -0.1) is 12.4 Å². The van der Waals surface area contributed by atoms with E-state index in [4.69, 9.17) is 10.3 Å². The lowest BCUT2D eigenvalue weighted by molar-refractivity contribution is 0.488. The average molecular weight is 149 g/mol. The van der Waals surface area contributed by atoms with Crippen molar-refractivity contribution in [1.82, 2.24) is 5.43 Å². The predicted molar refractivity (Wildman–Crippen MR) is 37.0 cm³/mol. The largest absolute Gasteiger partial charge is 0.468 e. The SMILES string of the molecule is Cl.NNCc1ccco1. The number of furan rings is 1. The van der Waals surface area contributed by atoms with Crippen LogP contribution in [0.1, 0.15) is 5.76 Å². The fourth-order valence-corrected chi connectivity index (χ4v) is 0.514. The monoisotopic (exact) mass is 148 g/mol. The van der Waals surface area contributed by atoms with E-state index in [1.165, 1.54) is 0 Å². The third kappa shape index (κ3) is 2.51. The second-order valence-electron chi connectivity index (χ2n) is 1.46. The molecule has 0 fully saturated rings. The summed E-state index contributed by atoms with van der Waals surface area (Å²) >= 11 is 0. The summed E-state index contributed by atoms with van der Waals surface area (Å²) in [5, 5.41) is 0. The average Bonchev–Trinajstić information content (AvgIpc) is 2.19. The van der Waals surface area contributed by atoms with Crippen molar-refractivity contribution in [3.63, 3.8) is 0 Å². The van der Waals surface area contributed by atoms with Gasteiger partial charge >= 0.3 is 0 Å². The van der Waals surface area contributed by atoms with Crippen molar-refractivity contribution in [2.75, 3.05) is 0 Å². The maximum atomic E-state index is 5.01. The van der Waals surface area contributed by atoms with Crippen LogP contribution in [0.5, 0.6) is 0 Å². The van der Waals surface area contributed by atoms with E-state index in [2.05, 4.69) is 5.43 Å². The second kappa shape index (κ2) is 4.38. The van der Waals surface area contributed by atoms with Crippen LogP contribution >= 0.6 is 12.4 Å². The van der Waals surface area contributed by atoms with E-state index < -0.39 is 0 Å². The molecule has 1 aromatic heterocycles. The van der Waals surface area contributed by atoms with Gasteiger partial charge in [-0.25, -0.2) is 0 Å². The van der Waals surface area contributed by atoms with E-state index in [-0.39, 0.29) is 12.4 Å². The van der Waals surface area contributed by atoms with Crippen molar-refractivity contribution in [2.24, 2.45) is 5.84 Å². The smallest absolute Gasteiger partial charge is 0.118 e. The first-order valence-corrected chi connectivity index (χ1v) is 2.39. The number of rotatable bonds is 2. The molecule has 1 heterocycles. The molecule has 0 bridgehead atoms. The Labute approximate surface area is 59.6 Å². The van der Waals surface area contributed by atoms with Crippen molar-refractivity contribution in [3.8, 4) is 0 Å². The zero-order chi connectivity index (χ0) is 5.82. The zero-order valence-corrected chi connectivity index (χ0v) is 5.65. The Bertz CT molecular complexity index is 141. The first-order chi connectivity index (χ1) is 3.93. The Morgan fingerprint density at radius 1 is 1.67 bits per heavy atom. The summed E-state index contributed by atoms with van der Waals surface area (Å²) in [7, 11) is 0. The van der Waals surface area contributed by atoms with Gasteiger partial charge in [0.05, 0.1) is 12.8 Å². The van der Waals surface area contributed by atoms with Crippen molar-refractivity contribution >= 4 is 12.4 Å². The van der Waals surface area contributed by atoms with Gasteiger partial charge in [-0.3, -0.25) is 11.3 Å². The van der Waals surface area contributed by atoms with Gasteiger partial charge in [-0.1, -0.05) is 0 Å². The molecule has 0 aliphatic carbocycles. The van der Waals surface area contributed by atoms with Gasteiger partial charge in [-0.05, 0) is 12.1 Å². The predicted octanol–water partition coefficient (Wildman–Crippen LogP) is 0.665. The van der Waals surface area contributed by atoms with Crippen molar-refractivity contribution in [3.05, 3.63) is 24.2 Å². The molecule has 3 nitrogen and oxygen atoms in total. The Hall–Kier alpha value is -0.510. The second-order valence-corrected chi connectivity index (χ2v) is 1.46. The fraction of sp³-hybridized carbons (Fsp3) is 0.200. The van der Waals surface area contributed by atoms with E-state index in [9.17, 15) is 0 Å². The summed E-state index contributed by atoms with van der Waals surface area (Å²) < 4.78 is 4.93. The lowest BCUT2D eigenvalue weighted by Gasteiger charge is -1.89. The molecule has 0 unspecified atom stereocenters. The number of hydrogen-bond donors (Lipinski definition) is 2. The Morgan fingerprint density at radius 2 is 2.44 bits per heavy atom. The lowest BCUT2D eigenvalue weighted by atomic mass is 10.5. The third-order valence-electron chi connectivity index (χ3n) is 0.856. The quantitative estimate of drug-likeness (QED) is 0.479. The molecule has 0 amide bonds. The van der Waals surface area contributed by atoms with Gasteiger partial charge in [0.2, 0.25) is 0 Å². The van der Waals surface area contributed by atoms with Gasteiger partial charge in [-0.2, -0.15) is 0 Å². The highest BCUT2D eigenvalue weighted by Gasteiger charge is 1.88. The molecule has 0 spiro atoms. The van der Waals surface area contributed by atoms with Crippen LogP contribution in [-0.4, -0.2) is 0 Å². The molecule has 0 aliphatic heterocycles. The summed E-state index contributed by atoms with van der Waals surface area (Å²) in [4.78, 5) is 0. The van der Waals surface area contributed by atoms with Crippen molar-refractivity contribution < 1.29 is 4.42 Å². The fourth-order valence-electron chi connectivity index (χ4n) is 0.514. The van der Waals surface area contributed by atoms with Crippen LogP contribution in [0, 0.1) is 0 Å². The summed E-state index contributed by atoms with van der Waals surface area (Å²) in [5.41, 5.74) is 2.48. The molecule has 0 saturated carbocycles. The minimum atomic E-state index is 0. The molecular formula is C5H9ClN2O. The maximum Gasteiger partial charge on any atom is 0.118 e. The molecule has 4 heteroatoms. The number of hydrogen-bond acceptors (Lipinski definition) is 3. The standard InChI is InChI=1S/C5H8N2O.ClH/c6-7-4-5-2-1-3-8-5;/h1-3,7H,4,6H2;1H. The Balaban J connectivity index is 0.000000640. The number of nitrogens with two attached hydrogens (primary N) is 1.